The highest BCUT2D eigenvalue weighted by Crippen LogP contribution is 2.33. The SMILES string of the molecule is CCN(C1(CN)CCCCCC1)S(=O)(=O)NC(C)C. The Bertz CT molecular complexity index is 360. The molecule has 0 radical (unpaired) electrons. The minimum absolute atomic E-state index is 0.0975. The van der Waals surface area contributed by atoms with Gasteiger partial charge < -0.3 is 5.73 Å². The highest BCUT2D eigenvalue weighted by molar-refractivity contribution is 7.87. The number of hydrogen-bond acceptors (Lipinski definition) is 3. The molecule has 0 saturated heterocycles. The van der Waals surface area contributed by atoms with Crippen molar-refractivity contribution in [2.45, 2.75) is 70.9 Å². The summed E-state index contributed by atoms with van der Waals surface area (Å²) in [5, 5.41) is 0. The summed E-state index contributed by atoms with van der Waals surface area (Å²) >= 11 is 0. The van der Waals surface area contributed by atoms with Gasteiger partial charge in [-0.2, -0.15) is 17.4 Å². The fourth-order valence-corrected chi connectivity index (χ4v) is 4.89. The van der Waals surface area contributed by atoms with Crippen LogP contribution in [0.2, 0.25) is 0 Å². The summed E-state index contributed by atoms with van der Waals surface area (Å²) < 4.78 is 29.3. The third kappa shape index (κ3) is 4.15. The van der Waals surface area contributed by atoms with Gasteiger partial charge in [0, 0.05) is 24.7 Å². The van der Waals surface area contributed by atoms with Crippen LogP contribution in [0.1, 0.15) is 59.3 Å². The first kappa shape index (κ1) is 16.9. The van der Waals surface area contributed by atoms with Crippen LogP contribution in [0.4, 0.5) is 0 Å². The molecule has 0 aliphatic heterocycles. The van der Waals surface area contributed by atoms with Gasteiger partial charge in [-0.3, -0.25) is 0 Å². The standard InChI is InChI=1S/C13H29N3O2S/c1-4-16(19(17,18)15-12(2)3)13(11-14)9-7-5-6-8-10-13/h12,15H,4-11,14H2,1-3H3. The van der Waals surface area contributed by atoms with E-state index in [4.69, 9.17) is 5.73 Å². The quantitative estimate of drug-likeness (QED) is 0.730. The smallest absolute Gasteiger partial charge is 0.280 e. The molecule has 1 aliphatic carbocycles. The third-order valence-electron chi connectivity index (χ3n) is 3.91. The second-order valence-electron chi connectivity index (χ2n) is 5.79. The normalized spacial score (nSPS) is 20.7. The van der Waals surface area contributed by atoms with Crippen LogP contribution in [0, 0.1) is 0 Å². The zero-order valence-electron chi connectivity index (χ0n) is 12.5. The van der Waals surface area contributed by atoms with E-state index in [0.29, 0.717) is 13.1 Å². The molecule has 0 aromatic rings. The van der Waals surface area contributed by atoms with Crippen LogP contribution in [0.3, 0.4) is 0 Å². The van der Waals surface area contributed by atoms with E-state index in [0.717, 1.165) is 25.7 Å². The Kier molecular flexibility index (Phi) is 6.23. The molecular weight excluding hydrogens is 262 g/mol. The lowest BCUT2D eigenvalue weighted by atomic mass is 9.90. The molecule has 5 nitrogen and oxygen atoms in total. The number of nitrogens with two attached hydrogens (primary N) is 1. The van der Waals surface area contributed by atoms with E-state index in [2.05, 4.69) is 4.72 Å². The van der Waals surface area contributed by atoms with Gasteiger partial charge in [-0.1, -0.05) is 32.6 Å². The molecule has 0 amide bonds. The maximum Gasteiger partial charge on any atom is 0.280 e. The fourth-order valence-electron chi connectivity index (χ4n) is 3.06. The summed E-state index contributed by atoms with van der Waals surface area (Å²) in [6, 6.07) is -0.0975. The van der Waals surface area contributed by atoms with E-state index >= 15 is 0 Å². The van der Waals surface area contributed by atoms with E-state index in [1.165, 1.54) is 12.8 Å². The zero-order valence-corrected chi connectivity index (χ0v) is 13.3. The first-order valence-corrected chi connectivity index (χ1v) is 8.82. The van der Waals surface area contributed by atoms with E-state index < -0.39 is 15.7 Å². The Morgan fingerprint density at radius 3 is 2.11 bits per heavy atom. The van der Waals surface area contributed by atoms with E-state index in [1.54, 1.807) is 4.31 Å². The van der Waals surface area contributed by atoms with Gasteiger partial charge in [-0.05, 0) is 26.7 Å². The maximum absolute atomic E-state index is 12.5. The molecule has 0 unspecified atom stereocenters. The predicted octanol–water partition coefficient (Wildman–Crippen LogP) is 1.60. The number of likely N-dealkylation sites (N-methyl/N-ethyl adjacent to an activating group) is 1. The van der Waals surface area contributed by atoms with Gasteiger partial charge in [-0.25, -0.2) is 0 Å². The molecule has 1 aliphatic rings. The molecule has 114 valence electrons. The summed E-state index contributed by atoms with van der Waals surface area (Å²) in [5.41, 5.74) is 5.58. The second-order valence-corrected chi connectivity index (χ2v) is 7.41. The van der Waals surface area contributed by atoms with E-state index in [-0.39, 0.29) is 6.04 Å². The Morgan fingerprint density at radius 2 is 1.74 bits per heavy atom. The van der Waals surface area contributed by atoms with Crippen LogP contribution in [-0.4, -0.2) is 37.4 Å². The van der Waals surface area contributed by atoms with Gasteiger partial charge in [-0.15, -0.1) is 0 Å². The summed E-state index contributed by atoms with van der Waals surface area (Å²) in [6.45, 7) is 6.45. The molecule has 3 N–H and O–H groups in total. The van der Waals surface area contributed by atoms with Gasteiger partial charge in [0.05, 0.1) is 0 Å². The molecule has 19 heavy (non-hydrogen) atoms. The van der Waals surface area contributed by atoms with Crippen LogP contribution in [0.5, 0.6) is 0 Å². The van der Waals surface area contributed by atoms with Crippen molar-refractivity contribution in [2.75, 3.05) is 13.1 Å². The van der Waals surface area contributed by atoms with Gasteiger partial charge in [0.15, 0.2) is 0 Å². The van der Waals surface area contributed by atoms with E-state index in [1.807, 2.05) is 20.8 Å². The highest BCUT2D eigenvalue weighted by Gasteiger charge is 2.41. The van der Waals surface area contributed by atoms with Crippen LogP contribution < -0.4 is 10.5 Å². The summed E-state index contributed by atoms with van der Waals surface area (Å²) in [6.07, 6.45) is 6.22. The summed E-state index contributed by atoms with van der Waals surface area (Å²) in [5.74, 6) is 0. The van der Waals surface area contributed by atoms with Crippen LogP contribution in [0.25, 0.3) is 0 Å². The molecule has 6 heteroatoms. The maximum atomic E-state index is 12.5. The average molecular weight is 291 g/mol. The minimum Gasteiger partial charge on any atom is -0.329 e. The van der Waals surface area contributed by atoms with Crippen molar-refractivity contribution in [3.8, 4) is 0 Å². The van der Waals surface area contributed by atoms with Gasteiger partial charge in [0.2, 0.25) is 0 Å². The third-order valence-corrected chi connectivity index (χ3v) is 5.90. The Labute approximate surface area is 118 Å². The van der Waals surface area contributed by atoms with Crippen molar-refractivity contribution in [3.05, 3.63) is 0 Å². The van der Waals surface area contributed by atoms with Crippen LogP contribution in [0.15, 0.2) is 0 Å². The van der Waals surface area contributed by atoms with Crippen molar-refractivity contribution in [3.63, 3.8) is 0 Å². The van der Waals surface area contributed by atoms with Crippen molar-refractivity contribution >= 4 is 10.2 Å². The van der Waals surface area contributed by atoms with Gasteiger partial charge >= 0.3 is 0 Å². The topological polar surface area (TPSA) is 75.4 Å². The predicted molar refractivity (Wildman–Crippen MR) is 79.1 cm³/mol. The monoisotopic (exact) mass is 291 g/mol. The molecule has 0 spiro atoms. The lowest BCUT2D eigenvalue weighted by molar-refractivity contribution is 0.171. The number of nitrogens with zero attached hydrogens (tertiary/aromatic N) is 1. The molecule has 0 aromatic carbocycles. The molecule has 1 fully saturated rings. The van der Waals surface area contributed by atoms with Crippen molar-refractivity contribution < 1.29 is 8.42 Å². The largest absolute Gasteiger partial charge is 0.329 e. The van der Waals surface area contributed by atoms with Crippen molar-refractivity contribution in [1.29, 1.82) is 0 Å². The first-order valence-electron chi connectivity index (χ1n) is 7.38. The Balaban J connectivity index is 3.03. The average Bonchev–Trinajstić information content (AvgIpc) is 2.54. The number of rotatable bonds is 6. The second kappa shape index (κ2) is 7.02. The molecule has 1 rings (SSSR count). The summed E-state index contributed by atoms with van der Waals surface area (Å²) in [7, 11) is -3.45. The molecule has 0 bridgehead atoms. The molecule has 0 atom stereocenters. The fraction of sp³-hybridized carbons (Fsp3) is 1.00. The first-order chi connectivity index (χ1) is 8.88. The minimum atomic E-state index is -3.45. The van der Waals surface area contributed by atoms with Crippen molar-refractivity contribution in [1.82, 2.24) is 9.03 Å². The lowest BCUT2D eigenvalue weighted by Crippen LogP contribution is -2.59. The molecule has 0 aromatic heterocycles. The van der Waals surface area contributed by atoms with Crippen LogP contribution >= 0.6 is 0 Å². The lowest BCUT2D eigenvalue weighted by Gasteiger charge is -2.41. The Morgan fingerprint density at radius 1 is 1.21 bits per heavy atom. The van der Waals surface area contributed by atoms with Gasteiger partial charge in [0.1, 0.15) is 0 Å². The number of hydrogen-bond donors (Lipinski definition) is 2. The van der Waals surface area contributed by atoms with E-state index in [9.17, 15) is 8.42 Å². The molecular formula is C13H29N3O2S. The van der Waals surface area contributed by atoms with Gasteiger partial charge in [0.25, 0.3) is 10.2 Å². The highest BCUT2D eigenvalue weighted by atomic mass is 32.2. The zero-order chi connectivity index (χ0) is 14.5. The molecule has 0 heterocycles. The Hall–Kier alpha value is -0.170. The van der Waals surface area contributed by atoms with Crippen molar-refractivity contribution in [2.24, 2.45) is 5.73 Å². The molecule has 1 saturated carbocycles. The number of nitrogens with one attached hydrogen (secondary N) is 1. The van der Waals surface area contributed by atoms with Crippen LogP contribution in [-0.2, 0) is 10.2 Å². The summed E-state index contributed by atoms with van der Waals surface area (Å²) in [4.78, 5) is 0.